The molecule has 31 heavy (non-hydrogen) atoms. The third-order valence-corrected chi connectivity index (χ3v) is 0. The fraction of sp³-hybridized carbons (Fsp3) is 0. The van der Waals surface area contributed by atoms with Gasteiger partial charge in [-0.25, -0.2) is 0 Å². The zero-order valence-corrected chi connectivity index (χ0v) is 26.3. The molecule has 0 spiro atoms. The Hall–Kier alpha value is -3.29. The van der Waals surface area contributed by atoms with Crippen molar-refractivity contribution in [3.63, 3.8) is 0 Å². The van der Waals surface area contributed by atoms with Crippen LogP contribution in [0, 0.1) is 142 Å². The molecule has 4 N–H and O–H groups in total. The molecular weight excluding hydrogens is 652 g/mol. The average Bonchev–Trinajstić information content (AvgIpc) is 2.84. The van der Waals surface area contributed by atoms with E-state index in [9.17, 15) is 0 Å². The zero-order valence-electron chi connectivity index (χ0n) is 15.2. The Bertz CT molecular complexity index is 245. The molecule has 0 aromatic rings. The van der Waals surface area contributed by atoms with Crippen molar-refractivity contribution in [1.82, 2.24) is 0 Å². The van der Waals surface area contributed by atoms with Gasteiger partial charge in [0.05, 0.1) is 0 Å². The van der Waals surface area contributed by atoms with Gasteiger partial charge < -0.3 is 153 Å². The topological polar surface area (TPSA) is 348 Å². The van der Waals surface area contributed by atoms with E-state index in [0.717, 1.165) is 0 Å². The molecule has 0 aliphatic rings. The van der Waals surface area contributed by atoms with Gasteiger partial charge in [-0.15, -0.1) is 0 Å². The van der Waals surface area contributed by atoms with E-state index in [4.69, 9.17) is 142 Å². The number of hydrogen-bond acceptors (Lipinski definition) is 12. The standard InChI is InChI=1S/12CN.2Fe.2H2O.3Zn/c12*1-2;;;;;;;/h;;;;;;;;;;;;;;2*1H2;;;/q12*-1;2*+3;;;3*+2. The molecule has 2 radical (unpaired) electrons. The van der Waals surface area contributed by atoms with E-state index in [-0.39, 0.29) is 104 Å². The normalized spacial score (nSPS) is 0.774. The van der Waals surface area contributed by atoms with Crippen molar-refractivity contribution in [3.8, 4) is 0 Å². The van der Waals surface area contributed by atoms with Crippen LogP contribution in [0.3, 0.4) is 0 Å². The Balaban J connectivity index is -0.00000000292. The largest absolute Gasteiger partial charge is 3.00 e. The van der Waals surface area contributed by atoms with Gasteiger partial charge in [-0.2, -0.15) is 0 Å². The summed E-state index contributed by atoms with van der Waals surface area (Å²) in [6.07, 6.45) is 0. The predicted molar refractivity (Wildman–Crippen MR) is 66.8 cm³/mol. The van der Waals surface area contributed by atoms with Crippen molar-refractivity contribution in [3.05, 3.63) is 78.9 Å². The fourth-order valence-corrected chi connectivity index (χ4v) is 0. The number of hydrogen-bond donors (Lipinski definition) is 0. The van der Waals surface area contributed by atoms with Gasteiger partial charge in [0, 0.05) is 0 Å². The maximum absolute atomic E-state index is 6.25. The molecule has 146 valence electrons. The Labute approximate surface area is 243 Å². The molecule has 0 bridgehead atoms. The van der Waals surface area contributed by atoms with Crippen LogP contribution in [0.25, 0.3) is 0 Å². The summed E-state index contributed by atoms with van der Waals surface area (Å²) >= 11 is 0. The smallest absolute Gasteiger partial charge is 0.512 e. The monoisotopic (exact) mass is 652 g/mol. The van der Waals surface area contributed by atoms with Crippen molar-refractivity contribution in [1.29, 1.82) is 63.1 Å². The van der Waals surface area contributed by atoms with Crippen LogP contribution in [-0.4, -0.2) is 11.0 Å². The molecule has 0 saturated carbocycles. The maximum atomic E-state index is 6.25. The van der Waals surface area contributed by atoms with E-state index >= 15 is 0 Å². The van der Waals surface area contributed by atoms with E-state index in [1.165, 1.54) is 0 Å². The molecule has 14 nitrogen and oxygen atoms in total. The second-order valence-corrected chi connectivity index (χ2v) is 0. The first-order valence-electron chi connectivity index (χ1n) is 2.68. The summed E-state index contributed by atoms with van der Waals surface area (Å²) in [6, 6.07) is 0. The molecule has 0 rings (SSSR count). The summed E-state index contributed by atoms with van der Waals surface area (Å²) in [5.41, 5.74) is 0. The van der Waals surface area contributed by atoms with E-state index in [1.807, 2.05) is 0 Å². The van der Waals surface area contributed by atoms with E-state index in [2.05, 4.69) is 0 Å². The second-order valence-electron chi connectivity index (χ2n) is 0. The molecule has 0 amide bonds. The molecule has 0 aliphatic carbocycles. The van der Waals surface area contributed by atoms with Crippen LogP contribution < -0.4 is 0 Å². The van der Waals surface area contributed by atoms with Gasteiger partial charge in [-0.05, 0) is 0 Å². The molecule has 0 heterocycles. The fourth-order valence-electron chi connectivity index (χ4n) is 0. The van der Waals surface area contributed by atoms with Gasteiger partial charge in [0.25, 0.3) is 0 Å². The van der Waals surface area contributed by atoms with Crippen LogP contribution in [0.15, 0.2) is 0 Å². The Morgan fingerprint density at radius 3 is 0.194 bits per heavy atom. The van der Waals surface area contributed by atoms with Crippen molar-refractivity contribution < 1.29 is 104 Å². The van der Waals surface area contributed by atoms with E-state index in [1.54, 1.807) is 0 Å². The molecule has 0 fully saturated rings. The molecule has 0 aromatic heterocycles. The minimum atomic E-state index is 0. The van der Waals surface area contributed by atoms with Gasteiger partial charge >= 0.3 is 92.6 Å². The van der Waals surface area contributed by atoms with Gasteiger partial charge in [0.15, 0.2) is 0 Å². The quantitative estimate of drug-likeness (QED) is 0.235. The first-order valence-corrected chi connectivity index (χ1v) is 2.68. The summed E-state index contributed by atoms with van der Waals surface area (Å²) in [6.45, 7) is 57.0. The summed E-state index contributed by atoms with van der Waals surface area (Å²) in [5, 5.41) is 75.0. The van der Waals surface area contributed by atoms with Crippen molar-refractivity contribution >= 4 is 0 Å². The van der Waals surface area contributed by atoms with Crippen LogP contribution in [-0.2, 0) is 92.6 Å². The summed E-state index contributed by atoms with van der Waals surface area (Å²) < 4.78 is 0. The Kier molecular flexibility index (Phi) is 13700. The van der Waals surface area contributed by atoms with Crippen molar-refractivity contribution in [2.75, 3.05) is 0 Å². The zero-order chi connectivity index (χ0) is 24.0. The second kappa shape index (κ2) is 1630. The molecular formula is C12H4Fe2N12O2Zn3. The summed E-state index contributed by atoms with van der Waals surface area (Å²) in [7, 11) is 0. The molecule has 0 aromatic carbocycles. The van der Waals surface area contributed by atoms with Crippen LogP contribution in [0.1, 0.15) is 0 Å². The van der Waals surface area contributed by atoms with Crippen LogP contribution >= 0.6 is 0 Å². The van der Waals surface area contributed by atoms with Gasteiger partial charge in [0.2, 0.25) is 0 Å². The molecule has 0 saturated heterocycles. The molecule has 0 unspecified atom stereocenters. The third-order valence-electron chi connectivity index (χ3n) is 0. The van der Waals surface area contributed by atoms with E-state index < -0.39 is 0 Å². The number of nitrogens with zero attached hydrogens (tertiary/aromatic N) is 12. The summed E-state index contributed by atoms with van der Waals surface area (Å²) in [4.78, 5) is 0. The van der Waals surface area contributed by atoms with Crippen LogP contribution in [0.4, 0.5) is 0 Å². The first-order chi connectivity index (χ1) is 12.0. The third kappa shape index (κ3) is 1510. The predicted octanol–water partition coefficient (Wildman–Crippen LogP) is -0.505. The first kappa shape index (κ1) is 261. The van der Waals surface area contributed by atoms with E-state index in [0.29, 0.717) is 0 Å². The van der Waals surface area contributed by atoms with Gasteiger partial charge in [0.1, 0.15) is 0 Å². The van der Waals surface area contributed by atoms with Crippen molar-refractivity contribution in [2.45, 2.75) is 0 Å². The molecule has 19 heteroatoms. The van der Waals surface area contributed by atoms with Gasteiger partial charge in [-0.3, -0.25) is 0 Å². The van der Waals surface area contributed by atoms with Gasteiger partial charge in [-0.1, -0.05) is 0 Å². The summed E-state index contributed by atoms with van der Waals surface area (Å²) in [5.74, 6) is 0. The van der Waals surface area contributed by atoms with Crippen LogP contribution in [0.2, 0.25) is 0 Å². The Morgan fingerprint density at radius 1 is 0.194 bits per heavy atom. The molecule has 0 aliphatic heterocycles. The maximum Gasteiger partial charge on any atom is 3.00 e. The van der Waals surface area contributed by atoms with Crippen molar-refractivity contribution in [2.24, 2.45) is 0 Å². The SMILES string of the molecule is O.O.[C-]#N.[C-]#N.[C-]#N.[C-]#N.[C-]#N.[C-]#N.[C-]#N.[C-]#N.[C-]#N.[C-]#N.[C-]#N.[C-]#N.[Fe+3].[Fe+3].[Zn+2].[Zn+2].[Zn+2]. The molecule has 0 atom stereocenters. The Morgan fingerprint density at radius 2 is 0.194 bits per heavy atom. The number of rotatable bonds is 0. The minimum absolute atomic E-state index is 0. The van der Waals surface area contributed by atoms with Crippen LogP contribution in [0.5, 0.6) is 0 Å². The average molecular weight is 656 g/mol. The minimum Gasteiger partial charge on any atom is -0.512 e.